The Morgan fingerprint density at radius 3 is 2.79 bits per heavy atom. The van der Waals surface area contributed by atoms with Crippen molar-refractivity contribution in [3.63, 3.8) is 0 Å². The fourth-order valence-corrected chi connectivity index (χ4v) is 5.58. The molecule has 1 aliphatic carbocycles. The van der Waals surface area contributed by atoms with Gasteiger partial charge in [-0.25, -0.2) is 9.97 Å². The average molecular weight is 518 g/mol. The van der Waals surface area contributed by atoms with Gasteiger partial charge in [0.15, 0.2) is 5.82 Å². The molecule has 3 aliphatic rings. The highest BCUT2D eigenvalue weighted by Gasteiger charge is 2.37. The molecule has 1 saturated carbocycles. The van der Waals surface area contributed by atoms with Gasteiger partial charge < -0.3 is 29.5 Å². The molecule has 0 radical (unpaired) electrons. The first-order chi connectivity index (χ1) is 18.4. The van der Waals surface area contributed by atoms with Crippen molar-refractivity contribution >= 4 is 23.5 Å². The topological polar surface area (TPSA) is 109 Å². The Morgan fingerprint density at radius 1 is 1.18 bits per heavy atom. The highest BCUT2D eigenvalue weighted by atomic mass is 16.5. The summed E-state index contributed by atoms with van der Waals surface area (Å²) < 4.78 is 7.49. The Labute approximate surface area is 222 Å². The third-order valence-corrected chi connectivity index (χ3v) is 8.08. The van der Waals surface area contributed by atoms with Crippen LogP contribution in [0.1, 0.15) is 48.1 Å². The van der Waals surface area contributed by atoms with Crippen LogP contribution in [0, 0.1) is 19.8 Å². The first kappa shape index (κ1) is 24.7. The number of aliphatic hydroxyl groups excluding tert-OH is 1. The third kappa shape index (κ3) is 4.57. The van der Waals surface area contributed by atoms with E-state index in [9.17, 15) is 9.90 Å². The van der Waals surface area contributed by atoms with E-state index in [1.807, 2.05) is 28.7 Å². The normalized spacial score (nSPS) is 19.0. The van der Waals surface area contributed by atoms with Gasteiger partial charge in [0.05, 0.1) is 43.9 Å². The van der Waals surface area contributed by atoms with Crippen LogP contribution in [-0.4, -0.2) is 68.3 Å². The summed E-state index contributed by atoms with van der Waals surface area (Å²) in [6.07, 6.45) is 8.27. The number of carbonyl (C=O) groups excluding carboxylic acids is 1. The van der Waals surface area contributed by atoms with E-state index >= 15 is 0 Å². The molecule has 2 fully saturated rings. The van der Waals surface area contributed by atoms with Gasteiger partial charge in [0.25, 0.3) is 0 Å². The molecule has 200 valence electrons. The van der Waals surface area contributed by atoms with Crippen molar-refractivity contribution in [3.8, 4) is 11.4 Å². The van der Waals surface area contributed by atoms with Crippen LogP contribution in [0.15, 0.2) is 24.7 Å². The summed E-state index contributed by atoms with van der Waals surface area (Å²) in [4.78, 5) is 31.3. The molecule has 3 aromatic rings. The molecule has 1 atom stereocenters. The maximum absolute atomic E-state index is 12.8. The van der Waals surface area contributed by atoms with Crippen molar-refractivity contribution < 1.29 is 14.6 Å². The molecule has 2 N–H and O–H groups in total. The van der Waals surface area contributed by atoms with Crippen LogP contribution in [0.4, 0.5) is 17.6 Å². The molecule has 10 heteroatoms. The quantitative estimate of drug-likeness (QED) is 0.492. The number of benzene rings is 1. The van der Waals surface area contributed by atoms with Crippen LogP contribution in [-0.2, 0) is 17.8 Å². The van der Waals surface area contributed by atoms with E-state index in [1.54, 1.807) is 13.4 Å². The fraction of sp³-hybridized carbons (Fsp3) is 0.500. The number of ether oxygens (including phenoxy) is 1. The van der Waals surface area contributed by atoms with Gasteiger partial charge in [-0.1, -0.05) is 0 Å². The number of amides is 1. The molecule has 1 amide bonds. The van der Waals surface area contributed by atoms with E-state index in [0.717, 1.165) is 71.9 Å². The number of methoxy groups -OCH3 is 1. The number of imidazole rings is 1. The summed E-state index contributed by atoms with van der Waals surface area (Å²) in [6.45, 7) is 6.22. The maximum atomic E-state index is 12.8. The summed E-state index contributed by atoms with van der Waals surface area (Å²) in [7, 11) is 1.68. The second-order valence-electron chi connectivity index (χ2n) is 10.6. The summed E-state index contributed by atoms with van der Waals surface area (Å²) >= 11 is 0. The van der Waals surface area contributed by atoms with E-state index in [-0.39, 0.29) is 24.5 Å². The van der Waals surface area contributed by atoms with E-state index < -0.39 is 0 Å². The molecule has 10 nitrogen and oxygen atoms in total. The van der Waals surface area contributed by atoms with E-state index in [0.29, 0.717) is 31.3 Å². The van der Waals surface area contributed by atoms with Crippen molar-refractivity contribution in [1.82, 2.24) is 24.4 Å². The monoisotopic (exact) mass is 517 g/mol. The first-order valence-corrected chi connectivity index (χ1v) is 13.5. The van der Waals surface area contributed by atoms with Crippen LogP contribution in [0.5, 0.6) is 5.75 Å². The summed E-state index contributed by atoms with van der Waals surface area (Å²) in [5.41, 5.74) is 5.18. The molecule has 1 aromatic carbocycles. The van der Waals surface area contributed by atoms with Gasteiger partial charge in [0.2, 0.25) is 11.9 Å². The third-order valence-electron chi connectivity index (χ3n) is 8.08. The molecule has 0 bridgehead atoms. The zero-order valence-electron chi connectivity index (χ0n) is 22.3. The van der Waals surface area contributed by atoms with Gasteiger partial charge in [0, 0.05) is 37.1 Å². The van der Waals surface area contributed by atoms with Gasteiger partial charge in [0.1, 0.15) is 17.9 Å². The number of anilines is 3. The minimum atomic E-state index is 0.0234. The molecule has 4 heterocycles. The lowest BCUT2D eigenvalue weighted by Crippen LogP contribution is -2.40. The number of hydrogen-bond acceptors (Lipinski definition) is 8. The number of hydrogen-bond donors (Lipinski definition) is 2. The van der Waals surface area contributed by atoms with Crippen LogP contribution in [0.25, 0.3) is 5.69 Å². The molecule has 2 aromatic heterocycles. The standard InChI is InChI=1S/C28H35N7O3/c1-17-11-21(12-24(38-3)18(17)2)34-14-25(29-16-34)31-28-30-23-8-10-33(27(37)19-6-7-19)13-22(23)26(32-28)35-9-4-5-20(35)15-36/h11-12,14,16,19-20,36H,4-10,13,15H2,1-3H3,(H,30,31,32)/t20-/m0/s1. The Kier molecular flexibility index (Phi) is 6.43. The van der Waals surface area contributed by atoms with Crippen molar-refractivity contribution in [2.24, 2.45) is 5.92 Å². The predicted octanol–water partition coefficient (Wildman–Crippen LogP) is 3.29. The Morgan fingerprint density at radius 2 is 2.03 bits per heavy atom. The van der Waals surface area contributed by atoms with Gasteiger partial charge in [-0.3, -0.25) is 4.79 Å². The minimum absolute atomic E-state index is 0.0234. The van der Waals surface area contributed by atoms with Gasteiger partial charge in [-0.05, 0) is 56.7 Å². The lowest BCUT2D eigenvalue weighted by molar-refractivity contribution is -0.133. The smallest absolute Gasteiger partial charge is 0.230 e. The summed E-state index contributed by atoms with van der Waals surface area (Å²) in [6, 6.07) is 4.13. The largest absolute Gasteiger partial charge is 0.496 e. The molecule has 2 aliphatic heterocycles. The lowest BCUT2D eigenvalue weighted by atomic mass is 10.0. The number of nitrogens with one attached hydrogen (secondary N) is 1. The number of aryl methyl sites for hydroxylation is 1. The molecule has 0 spiro atoms. The molecular formula is C28H35N7O3. The lowest BCUT2D eigenvalue weighted by Gasteiger charge is -2.33. The van der Waals surface area contributed by atoms with Crippen LogP contribution in [0.3, 0.4) is 0 Å². The van der Waals surface area contributed by atoms with Crippen LogP contribution >= 0.6 is 0 Å². The van der Waals surface area contributed by atoms with E-state index in [4.69, 9.17) is 14.7 Å². The molecule has 0 unspecified atom stereocenters. The van der Waals surface area contributed by atoms with Crippen LogP contribution < -0.4 is 15.0 Å². The van der Waals surface area contributed by atoms with E-state index in [1.165, 1.54) is 0 Å². The average Bonchev–Trinajstić information content (AvgIpc) is 3.49. The van der Waals surface area contributed by atoms with Crippen LogP contribution in [0.2, 0.25) is 0 Å². The SMILES string of the molecule is COc1cc(-n2cnc(Nc3nc4c(c(N5CCC[C@H]5CO)n3)CN(C(=O)C3CC3)CC4)c2)cc(C)c1C. The molecule has 6 rings (SSSR count). The first-order valence-electron chi connectivity index (χ1n) is 13.5. The van der Waals surface area contributed by atoms with Gasteiger partial charge >= 0.3 is 0 Å². The molecule has 1 saturated heterocycles. The highest BCUT2D eigenvalue weighted by Crippen LogP contribution is 2.36. The Hall–Kier alpha value is -3.66. The van der Waals surface area contributed by atoms with Crippen molar-refractivity contribution in [2.45, 2.75) is 58.5 Å². The summed E-state index contributed by atoms with van der Waals surface area (Å²) in [5, 5.41) is 13.3. The number of aliphatic hydroxyl groups is 1. The molecular weight excluding hydrogens is 482 g/mol. The predicted molar refractivity (Wildman–Crippen MR) is 144 cm³/mol. The zero-order valence-corrected chi connectivity index (χ0v) is 22.3. The van der Waals surface area contributed by atoms with E-state index in [2.05, 4.69) is 28.2 Å². The second-order valence-corrected chi connectivity index (χ2v) is 10.6. The fourth-order valence-electron chi connectivity index (χ4n) is 5.58. The number of aromatic nitrogens is 4. The van der Waals surface area contributed by atoms with Crippen molar-refractivity contribution in [1.29, 1.82) is 0 Å². The number of fused-ring (bicyclic) bond motifs is 1. The maximum Gasteiger partial charge on any atom is 0.230 e. The summed E-state index contributed by atoms with van der Waals surface area (Å²) in [5.74, 6) is 3.20. The van der Waals surface area contributed by atoms with Gasteiger partial charge in [-0.2, -0.15) is 4.98 Å². The van der Waals surface area contributed by atoms with Gasteiger partial charge in [-0.15, -0.1) is 0 Å². The van der Waals surface area contributed by atoms with Crippen molar-refractivity contribution in [3.05, 3.63) is 47.0 Å². The number of nitrogens with zero attached hydrogens (tertiary/aromatic N) is 6. The van der Waals surface area contributed by atoms with Crippen molar-refractivity contribution in [2.75, 3.05) is 37.0 Å². The Balaban J connectivity index is 1.31. The number of rotatable bonds is 7. The molecule has 38 heavy (non-hydrogen) atoms. The second kappa shape index (κ2) is 9.90. The Bertz CT molecular complexity index is 1370. The zero-order chi connectivity index (χ0) is 26.4. The number of carbonyl (C=O) groups is 1. The highest BCUT2D eigenvalue weighted by molar-refractivity contribution is 5.81. The minimum Gasteiger partial charge on any atom is -0.496 e.